The van der Waals surface area contributed by atoms with Gasteiger partial charge in [-0.1, -0.05) is 124 Å². The van der Waals surface area contributed by atoms with E-state index in [-0.39, 0.29) is 24.0 Å². The number of amides is 3. The number of carbonyl (C=O) groups is 4. The lowest BCUT2D eigenvalue weighted by molar-refractivity contribution is -0.146. The maximum Gasteiger partial charge on any atom is 0.408 e. The van der Waals surface area contributed by atoms with E-state index in [9.17, 15) is 19.2 Å². The SMILES string of the molecule is C=CCOC(=O)N[C@H](CSC(c1ccccc1)(c1ccccc1)c1ccccc1)C(=O)N/C(=C\C)C(=O)N[C@H](C(=O)OC)C(C)C. The summed E-state index contributed by atoms with van der Waals surface area (Å²) in [5.74, 6) is -2.10. The molecule has 46 heavy (non-hydrogen) atoms. The molecule has 0 saturated heterocycles. The molecular formula is C36H41N3O6S. The molecule has 0 unspecified atom stereocenters. The van der Waals surface area contributed by atoms with Crippen molar-refractivity contribution < 1.29 is 28.7 Å². The highest BCUT2D eigenvalue weighted by atomic mass is 32.2. The van der Waals surface area contributed by atoms with Gasteiger partial charge in [0.05, 0.1) is 11.9 Å². The number of hydrogen-bond acceptors (Lipinski definition) is 7. The Balaban J connectivity index is 2.00. The van der Waals surface area contributed by atoms with Crippen LogP contribution in [0.25, 0.3) is 0 Å². The number of thioether (sulfide) groups is 1. The van der Waals surface area contributed by atoms with Gasteiger partial charge in [0, 0.05) is 5.75 Å². The molecular weight excluding hydrogens is 602 g/mol. The Labute approximate surface area is 274 Å². The number of nitrogens with one attached hydrogen (secondary N) is 3. The molecule has 3 rings (SSSR count). The molecule has 0 saturated carbocycles. The molecule has 242 valence electrons. The van der Waals surface area contributed by atoms with Crippen molar-refractivity contribution in [3.8, 4) is 0 Å². The molecule has 3 amide bonds. The second-order valence-electron chi connectivity index (χ2n) is 10.6. The van der Waals surface area contributed by atoms with E-state index >= 15 is 0 Å². The van der Waals surface area contributed by atoms with Gasteiger partial charge in [0.15, 0.2) is 0 Å². The van der Waals surface area contributed by atoms with Gasteiger partial charge in [0.25, 0.3) is 5.91 Å². The van der Waals surface area contributed by atoms with Crippen LogP contribution in [0.2, 0.25) is 0 Å². The van der Waals surface area contributed by atoms with Crippen molar-refractivity contribution in [3.05, 3.63) is 132 Å². The average Bonchev–Trinajstić information content (AvgIpc) is 3.09. The van der Waals surface area contributed by atoms with Crippen molar-refractivity contribution in [3.63, 3.8) is 0 Å². The van der Waals surface area contributed by atoms with Crippen molar-refractivity contribution in [2.75, 3.05) is 19.5 Å². The highest BCUT2D eigenvalue weighted by molar-refractivity contribution is 8.00. The first-order valence-electron chi connectivity index (χ1n) is 14.9. The number of ether oxygens (including phenoxy) is 2. The molecule has 0 aromatic heterocycles. The van der Waals surface area contributed by atoms with Gasteiger partial charge in [-0.05, 0) is 29.5 Å². The normalized spacial score (nSPS) is 12.8. The quantitative estimate of drug-likeness (QED) is 0.0886. The van der Waals surface area contributed by atoms with Gasteiger partial charge < -0.3 is 25.4 Å². The summed E-state index contributed by atoms with van der Waals surface area (Å²) in [5.41, 5.74) is 2.84. The number of rotatable bonds is 15. The lowest BCUT2D eigenvalue weighted by Gasteiger charge is -2.36. The summed E-state index contributed by atoms with van der Waals surface area (Å²) < 4.78 is 9.20. The van der Waals surface area contributed by atoms with Gasteiger partial charge in [-0.2, -0.15) is 0 Å². The van der Waals surface area contributed by atoms with Crippen molar-refractivity contribution in [2.24, 2.45) is 5.92 Å². The van der Waals surface area contributed by atoms with Crippen molar-refractivity contribution in [2.45, 2.75) is 37.6 Å². The zero-order chi connectivity index (χ0) is 33.5. The molecule has 10 heteroatoms. The van der Waals surface area contributed by atoms with Crippen LogP contribution in [0.15, 0.2) is 115 Å². The lowest BCUT2D eigenvalue weighted by Crippen LogP contribution is -2.52. The number of methoxy groups -OCH3 is 1. The summed E-state index contributed by atoms with van der Waals surface area (Å²) in [6.07, 6.45) is 2.02. The number of hydrogen-bond donors (Lipinski definition) is 3. The highest BCUT2D eigenvalue weighted by Crippen LogP contribution is 2.48. The molecule has 2 atom stereocenters. The number of carbonyl (C=O) groups excluding carboxylic acids is 4. The fourth-order valence-electron chi connectivity index (χ4n) is 4.80. The molecule has 0 heterocycles. The predicted molar refractivity (Wildman–Crippen MR) is 181 cm³/mol. The smallest absolute Gasteiger partial charge is 0.408 e. The van der Waals surface area contributed by atoms with E-state index in [2.05, 4.69) is 22.5 Å². The maximum absolute atomic E-state index is 13.8. The zero-order valence-electron chi connectivity index (χ0n) is 26.5. The van der Waals surface area contributed by atoms with Crippen LogP contribution in [0.5, 0.6) is 0 Å². The number of allylic oxidation sites excluding steroid dienone is 1. The van der Waals surface area contributed by atoms with Crippen LogP contribution in [0.1, 0.15) is 37.5 Å². The first kappa shape index (κ1) is 35.6. The zero-order valence-corrected chi connectivity index (χ0v) is 27.3. The van der Waals surface area contributed by atoms with E-state index in [4.69, 9.17) is 9.47 Å². The molecule has 0 aliphatic carbocycles. The van der Waals surface area contributed by atoms with Crippen LogP contribution < -0.4 is 16.0 Å². The topological polar surface area (TPSA) is 123 Å². The van der Waals surface area contributed by atoms with Crippen molar-refractivity contribution in [1.82, 2.24) is 16.0 Å². The Hall–Kier alpha value is -4.83. The monoisotopic (exact) mass is 643 g/mol. The van der Waals surface area contributed by atoms with Crippen LogP contribution in [0, 0.1) is 5.92 Å². The number of esters is 1. The van der Waals surface area contributed by atoms with E-state index < -0.39 is 40.7 Å². The first-order chi connectivity index (χ1) is 22.2. The van der Waals surface area contributed by atoms with Gasteiger partial charge in [-0.25, -0.2) is 9.59 Å². The van der Waals surface area contributed by atoms with Gasteiger partial charge in [-0.15, -0.1) is 11.8 Å². The third-order valence-corrected chi connectivity index (χ3v) is 8.79. The van der Waals surface area contributed by atoms with Crippen LogP contribution in [-0.2, 0) is 28.6 Å². The minimum atomic E-state index is -1.14. The van der Waals surface area contributed by atoms with Gasteiger partial charge in [0.2, 0.25) is 5.91 Å². The van der Waals surface area contributed by atoms with E-state index in [1.807, 2.05) is 91.0 Å². The molecule has 0 radical (unpaired) electrons. The Bertz CT molecular complexity index is 1400. The molecule has 3 aromatic carbocycles. The van der Waals surface area contributed by atoms with Crippen molar-refractivity contribution >= 4 is 35.6 Å². The minimum Gasteiger partial charge on any atom is -0.467 e. The molecule has 0 aliphatic heterocycles. The Morgan fingerprint density at radius 2 is 1.35 bits per heavy atom. The Kier molecular flexibility index (Phi) is 13.6. The van der Waals surface area contributed by atoms with Crippen molar-refractivity contribution in [1.29, 1.82) is 0 Å². The molecule has 0 fully saturated rings. The molecule has 3 aromatic rings. The predicted octanol–water partition coefficient (Wildman–Crippen LogP) is 5.33. The second-order valence-corrected chi connectivity index (χ2v) is 11.8. The van der Waals surface area contributed by atoms with E-state index in [1.54, 1.807) is 20.8 Å². The second kappa shape index (κ2) is 17.6. The highest BCUT2D eigenvalue weighted by Gasteiger charge is 2.39. The third-order valence-electron chi connectivity index (χ3n) is 7.15. The summed E-state index contributed by atoms with van der Waals surface area (Å²) >= 11 is 1.46. The van der Waals surface area contributed by atoms with Gasteiger partial charge in [-0.3, -0.25) is 9.59 Å². The van der Waals surface area contributed by atoms with Gasteiger partial charge >= 0.3 is 12.1 Å². The summed E-state index contributed by atoms with van der Waals surface area (Å²) in [7, 11) is 1.24. The largest absolute Gasteiger partial charge is 0.467 e. The fraction of sp³-hybridized carbons (Fsp3) is 0.278. The molecule has 0 spiro atoms. The third kappa shape index (κ3) is 9.10. The number of benzene rings is 3. The molecule has 0 aliphatic rings. The van der Waals surface area contributed by atoms with Crippen LogP contribution >= 0.6 is 11.8 Å². The molecule has 9 nitrogen and oxygen atoms in total. The fourth-order valence-corrected chi connectivity index (χ4v) is 6.36. The number of alkyl carbamates (subject to hydrolysis) is 1. The minimum absolute atomic E-state index is 0.0536. The van der Waals surface area contributed by atoms with E-state index in [0.29, 0.717) is 0 Å². The molecule has 3 N–H and O–H groups in total. The standard InChI is InChI=1S/C36H41N3O6S/c1-6-23-45-35(43)38-30(33(41)37-29(7-2)32(40)39-31(25(3)4)34(42)44-5)24-46-36(26-17-11-8-12-18-26,27-19-13-9-14-20-27)28-21-15-10-16-22-28/h6-22,25,30-31H,1,23-24H2,2-5H3,(H,37,41)(H,38,43)(H,39,40)/b29-7-/t30-,31+/m1/s1. The summed E-state index contributed by atoms with van der Waals surface area (Å²) in [6, 6.07) is 27.7. The van der Waals surface area contributed by atoms with Gasteiger partial charge in [0.1, 0.15) is 24.4 Å². The lowest BCUT2D eigenvalue weighted by atomic mass is 9.84. The van der Waals surface area contributed by atoms with E-state index in [1.165, 1.54) is 31.0 Å². The Morgan fingerprint density at radius 3 is 1.76 bits per heavy atom. The Morgan fingerprint density at radius 1 is 0.848 bits per heavy atom. The van der Waals surface area contributed by atoms with Crippen LogP contribution in [0.4, 0.5) is 4.79 Å². The summed E-state index contributed by atoms with van der Waals surface area (Å²) in [4.78, 5) is 52.0. The summed E-state index contributed by atoms with van der Waals surface area (Å²) in [6.45, 7) is 8.62. The average molecular weight is 644 g/mol. The van der Waals surface area contributed by atoms with Crippen LogP contribution in [-0.4, -0.2) is 55.4 Å². The summed E-state index contributed by atoms with van der Waals surface area (Å²) in [5, 5.41) is 7.92. The maximum atomic E-state index is 13.8. The van der Waals surface area contributed by atoms with E-state index in [0.717, 1.165) is 16.7 Å². The molecule has 0 bridgehead atoms. The van der Waals surface area contributed by atoms with Crippen LogP contribution in [0.3, 0.4) is 0 Å². The first-order valence-corrected chi connectivity index (χ1v) is 15.9.